The normalized spacial score (nSPS) is 24.9. The number of carboxylic acids is 1. The van der Waals surface area contributed by atoms with Crippen molar-refractivity contribution in [1.82, 2.24) is 15.2 Å². The van der Waals surface area contributed by atoms with Crippen LogP contribution in [0.3, 0.4) is 0 Å². The number of aliphatic carboxylic acids is 1. The van der Waals surface area contributed by atoms with Crippen LogP contribution in [0.4, 0.5) is 4.39 Å². The Morgan fingerprint density at radius 1 is 1.46 bits per heavy atom. The van der Waals surface area contributed by atoms with Gasteiger partial charge in [-0.25, -0.2) is 14.4 Å². The minimum absolute atomic E-state index is 0.111. The third kappa shape index (κ3) is 4.98. The van der Waals surface area contributed by atoms with E-state index in [2.05, 4.69) is 22.1 Å². The molecular weight excluding hydrogens is 491 g/mol. The number of thiazole rings is 1. The number of nitrogens with zero attached hydrogens (tertiary/aromatic N) is 3. The van der Waals surface area contributed by atoms with E-state index in [0.29, 0.717) is 47.6 Å². The van der Waals surface area contributed by atoms with Crippen molar-refractivity contribution in [3.8, 4) is 11.8 Å². The Kier molecular flexibility index (Phi) is 6.64. The molecule has 3 aliphatic rings. The SMILES string of the molecule is C[C@]1(c2ccc(F)cc2Cl)N=C(c2nccs2)NC(CN2CCOC[C@H]2C(=O)O)=C1C#CC1CC1. The van der Waals surface area contributed by atoms with Gasteiger partial charge >= 0.3 is 5.97 Å². The zero-order chi connectivity index (χ0) is 24.6. The van der Waals surface area contributed by atoms with Gasteiger partial charge in [0.15, 0.2) is 10.8 Å². The number of rotatable bonds is 5. The summed E-state index contributed by atoms with van der Waals surface area (Å²) in [5.41, 5.74) is 1.01. The molecule has 3 heterocycles. The van der Waals surface area contributed by atoms with Crippen molar-refractivity contribution >= 4 is 34.7 Å². The van der Waals surface area contributed by atoms with Gasteiger partial charge in [0.05, 0.1) is 18.8 Å². The Hall–Kier alpha value is -2.77. The van der Waals surface area contributed by atoms with Gasteiger partial charge in [0.25, 0.3) is 0 Å². The lowest BCUT2D eigenvalue weighted by atomic mass is 9.82. The number of halogens is 2. The monoisotopic (exact) mass is 514 g/mol. The number of nitrogens with one attached hydrogen (secondary N) is 1. The van der Waals surface area contributed by atoms with Gasteiger partial charge in [-0.1, -0.05) is 29.5 Å². The molecule has 1 aromatic heterocycles. The molecule has 0 unspecified atom stereocenters. The molecule has 1 saturated heterocycles. The summed E-state index contributed by atoms with van der Waals surface area (Å²) in [6, 6.07) is 3.49. The summed E-state index contributed by atoms with van der Waals surface area (Å²) in [4.78, 5) is 23.2. The largest absolute Gasteiger partial charge is 0.480 e. The molecule has 2 aromatic rings. The molecular formula is C25H24ClFN4O3S. The molecule has 1 saturated carbocycles. The van der Waals surface area contributed by atoms with Crippen molar-refractivity contribution in [1.29, 1.82) is 0 Å². The van der Waals surface area contributed by atoms with Crippen molar-refractivity contribution in [2.75, 3.05) is 26.3 Å². The van der Waals surface area contributed by atoms with Gasteiger partial charge < -0.3 is 15.2 Å². The van der Waals surface area contributed by atoms with E-state index in [1.54, 1.807) is 12.3 Å². The second-order valence-electron chi connectivity index (χ2n) is 8.92. The first kappa shape index (κ1) is 23.9. The minimum atomic E-state index is -1.03. The average Bonchev–Trinajstić information content (AvgIpc) is 3.48. The second kappa shape index (κ2) is 9.70. The number of morpholine rings is 1. The van der Waals surface area contributed by atoms with Gasteiger partial charge in [-0.3, -0.25) is 9.69 Å². The molecule has 5 rings (SSSR count). The predicted octanol–water partition coefficient (Wildman–Crippen LogP) is 3.65. The number of benzene rings is 1. The van der Waals surface area contributed by atoms with E-state index in [9.17, 15) is 14.3 Å². The van der Waals surface area contributed by atoms with E-state index in [-0.39, 0.29) is 11.6 Å². The highest BCUT2D eigenvalue weighted by Gasteiger charge is 2.40. The maximum atomic E-state index is 13.9. The fourth-order valence-corrected chi connectivity index (χ4v) is 5.23. The molecule has 2 atom stereocenters. The van der Waals surface area contributed by atoms with Crippen LogP contribution in [-0.4, -0.2) is 59.1 Å². The van der Waals surface area contributed by atoms with Crippen LogP contribution in [0.2, 0.25) is 5.02 Å². The summed E-state index contributed by atoms with van der Waals surface area (Å²) in [6.07, 6.45) is 3.80. The molecule has 2 aliphatic heterocycles. The third-order valence-corrected chi connectivity index (χ3v) is 7.44. The van der Waals surface area contributed by atoms with Crippen LogP contribution in [0, 0.1) is 23.6 Å². The van der Waals surface area contributed by atoms with E-state index in [1.807, 2.05) is 17.2 Å². The number of aliphatic imine (C=N–C) groups is 1. The molecule has 182 valence electrons. The van der Waals surface area contributed by atoms with E-state index in [4.69, 9.17) is 21.3 Å². The van der Waals surface area contributed by atoms with E-state index < -0.39 is 23.4 Å². The van der Waals surface area contributed by atoms with E-state index in [1.165, 1.54) is 23.5 Å². The highest BCUT2D eigenvalue weighted by Crippen LogP contribution is 2.42. The zero-order valence-corrected chi connectivity index (χ0v) is 20.6. The first-order valence-electron chi connectivity index (χ1n) is 11.4. The van der Waals surface area contributed by atoms with Gasteiger partial charge in [-0.2, -0.15) is 0 Å². The molecule has 0 spiro atoms. The first-order chi connectivity index (χ1) is 16.8. The van der Waals surface area contributed by atoms with Crippen LogP contribution in [0.5, 0.6) is 0 Å². The highest BCUT2D eigenvalue weighted by molar-refractivity contribution is 7.11. The van der Waals surface area contributed by atoms with Crippen molar-refractivity contribution in [3.05, 3.63) is 62.5 Å². The first-order valence-corrected chi connectivity index (χ1v) is 12.6. The van der Waals surface area contributed by atoms with Gasteiger partial charge in [0, 0.05) is 46.9 Å². The van der Waals surface area contributed by atoms with Crippen molar-refractivity contribution < 1.29 is 19.0 Å². The maximum Gasteiger partial charge on any atom is 0.323 e. The highest BCUT2D eigenvalue weighted by atomic mass is 35.5. The molecule has 0 bridgehead atoms. The van der Waals surface area contributed by atoms with Gasteiger partial charge in [-0.15, -0.1) is 11.3 Å². The summed E-state index contributed by atoms with van der Waals surface area (Å²) in [6.45, 7) is 3.22. The number of amidine groups is 1. The quantitative estimate of drug-likeness (QED) is 0.592. The Labute approximate surface area is 211 Å². The van der Waals surface area contributed by atoms with Crippen molar-refractivity contribution in [3.63, 3.8) is 0 Å². The van der Waals surface area contributed by atoms with Crippen LogP contribution < -0.4 is 5.32 Å². The lowest BCUT2D eigenvalue weighted by Gasteiger charge is -2.38. The fraction of sp³-hybridized carbons (Fsp3) is 0.400. The van der Waals surface area contributed by atoms with Crippen molar-refractivity contribution in [2.45, 2.75) is 31.3 Å². The Morgan fingerprint density at radius 2 is 2.29 bits per heavy atom. The van der Waals surface area contributed by atoms with Crippen LogP contribution in [0.15, 0.2) is 46.0 Å². The number of aromatic nitrogens is 1. The lowest BCUT2D eigenvalue weighted by molar-refractivity contribution is -0.149. The fourth-order valence-electron chi connectivity index (χ4n) is 4.30. The molecule has 1 aromatic carbocycles. The number of hydrogen-bond acceptors (Lipinski definition) is 7. The third-order valence-electron chi connectivity index (χ3n) is 6.35. The Bertz CT molecular complexity index is 1270. The number of carbonyl (C=O) groups is 1. The number of carboxylic acid groups (broad SMARTS) is 1. The summed E-state index contributed by atoms with van der Waals surface area (Å²) in [7, 11) is 0. The summed E-state index contributed by atoms with van der Waals surface area (Å²) < 4.78 is 19.4. The standard InChI is InChI=1S/C25H24ClFN4O3S/c1-25(17-7-5-16(27)12-19(17)26)18(6-4-15-2-3-15)20(29-22(30-25)23-28-8-11-35-23)13-31-9-10-34-14-21(31)24(32)33/h5,7-8,11-12,15,21H,2-3,9-10,13-14H2,1H3,(H,29,30)(H,32,33)/t21-,25+/m0/s1. The summed E-state index contributed by atoms with van der Waals surface area (Å²) in [5, 5.41) is 15.9. The smallest absolute Gasteiger partial charge is 0.323 e. The number of hydrogen-bond donors (Lipinski definition) is 2. The van der Waals surface area contributed by atoms with Gasteiger partial charge in [0.2, 0.25) is 0 Å². The molecule has 10 heteroatoms. The van der Waals surface area contributed by atoms with Crippen LogP contribution in [0.25, 0.3) is 0 Å². The maximum absolute atomic E-state index is 13.9. The van der Waals surface area contributed by atoms with Crippen molar-refractivity contribution in [2.24, 2.45) is 10.9 Å². The molecule has 0 radical (unpaired) electrons. The van der Waals surface area contributed by atoms with Crippen LogP contribution in [-0.2, 0) is 15.1 Å². The zero-order valence-electron chi connectivity index (χ0n) is 19.1. The van der Waals surface area contributed by atoms with E-state index in [0.717, 1.165) is 18.5 Å². The topological polar surface area (TPSA) is 87.0 Å². The Balaban J connectivity index is 1.66. The van der Waals surface area contributed by atoms with Crippen LogP contribution >= 0.6 is 22.9 Å². The second-order valence-corrected chi connectivity index (χ2v) is 10.2. The molecule has 1 aliphatic carbocycles. The van der Waals surface area contributed by atoms with Crippen LogP contribution in [0.1, 0.15) is 30.3 Å². The Morgan fingerprint density at radius 3 is 2.97 bits per heavy atom. The molecule has 7 nitrogen and oxygen atoms in total. The lowest BCUT2D eigenvalue weighted by Crippen LogP contribution is -2.52. The minimum Gasteiger partial charge on any atom is -0.480 e. The molecule has 0 amide bonds. The molecule has 2 fully saturated rings. The summed E-state index contributed by atoms with van der Waals surface area (Å²) >= 11 is 7.98. The van der Waals surface area contributed by atoms with E-state index >= 15 is 0 Å². The molecule has 2 N–H and O–H groups in total. The van der Waals surface area contributed by atoms with Gasteiger partial charge in [0.1, 0.15) is 17.4 Å². The average molecular weight is 515 g/mol. The summed E-state index contributed by atoms with van der Waals surface area (Å²) in [5.74, 6) is 6.17. The molecule has 35 heavy (non-hydrogen) atoms. The van der Waals surface area contributed by atoms with Gasteiger partial charge in [-0.05, 0) is 31.9 Å². The predicted molar refractivity (Wildman–Crippen MR) is 132 cm³/mol. The number of ether oxygens (including phenoxy) is 1.